The number of hydrogen-bond acceptors (Lipinski definition) is 4. The average Bonchev–Trinajstić information content (AvgIpc) is 2.75. The van der Waals surface area contributed by atoms with Crippen LogP contribution in [0, 0.1) is 12.3 Å². The zero-order chi connectivity index (χ0) is 15.0. The molecule has 0 spiro atoms. The fourth-order valence-electron chi connectivity index (χ4n) is 2.99. The molecule has 0 bridgehead atoms. The molecule has 1 aromatic heterocycles. The lowest BCUT2D eigenvalue weighted by Gasteiger charge is -2.47. The number of nitrogens with zero attached hydrogens (tertiary/aromatic N) is 2. The van der Waals surface area contributed by atoms with Gasteiger partial charge in [0.15, 0.2) is 0 Å². The number of carbonyl (C=O) groups is 1. The number of carboxylic acid groups (broad SMARTS) is 1. The molecular weight excluding hydrogens is 284 g/mol. The maximum atomic E-state index is 11.4. The van der Waals surface area contributed by atoms with Crippen LogP contribution in [0.3, 0.4) is 0 Å². The molecule has 1 aliphatic rings. The number of aliphatic carboxylic acids is 1. The monoisotopic (exact) mass is 302 g/mol. The zero-order valence-electron chi connectivity index (χ0n) is 12.0. The van der Waals surface area contributed by atoms with Crippen molar-refractivity contribution in [1.82, 2.24) is 9.88 Å². The quantitative estimate of drug-likeness (QED) is 0.862. The summed E-state index contributed by atoms with van der Waals surface area (Å²) in [6.45, 7) is 7.65. The molecule has 21 heavy (non-hydrogen) atoms. The van der Waals surface area contributed by atoms with E-state index < -0.39 is 11.4 Å². The molecule has 1 aromatic carbocycles. The Labute approximate surface area is 127 Å². The van der Waals surface area contributed by atoms with Crippen LogP contribution in [0.5, 0.6) is 0 Å². The van der Waals surface area contributed by atoms with E-state index in [-0.39, 0.29) is 0 Å². The lowest BCUT2D eigenvalue weighted by atomic mass is 9.76. The summed E-state index contributed by atoms with van der Waals surface area (Å²) in [6, 6.07) is 6.28. The third-order valence-corrected chi connectivity index (χ3v) is 4.94. The van der Waals surface area contributed by atoms with Gasteiger partial charge in [-0.3, -0.25) is 9.69 Å². The first-order chi connectivity index (χ1) is 10.0. The first-order valence-corrected chi connectivity index (χ1v) is 7.77. The number of aromatic nitrogens is 1. The van der Waals surface area contributed by atoms with Gasteiger partial charge in [0.05, 0.1) is 20.6 Å². The summed E-state index contributed by atoms with van der Waals surface area (Å²) >= 11 is 1.69. The highest BCUT2D eigenvalue weighted by molar-refractivity contribution is 7.18. The molecule has 5 heteroatoms. The lowest BCUT2D eigenvalue weighted by Crippen LogP contribution is -2.59. The molecule has 0 aliphatic carbocycles. The standard InChI is InChI=1S/C16H18N2O2S/c1-3-6-16(15(19)20)9-18(10-16)8-12-4-5-13-14(7-12)21-11(2)17-13/h3-5,7H,1,6,8-10H2,2H3,(H,19,20). The van der Waals surface area contributed by atoms with Crippen molar-refractivity contribution >= 4 is 27.5 Å². The first kappa shape index (κ1) is 14.2. The molecule has 2 heterocycles. The molecular formula is C16H18N2O2S. The third-order valence-electron chi connectivity index (χ3n) is 4.01. The number of likely N-dealkylation sites (tertiary alicyclic amines) is 1. The van der Waals surface area contributed by atoms with E-state index >= 15 is 0 Å². The Morgan fingerprint density at radius 3 is 3.00 bits per heavy atom. The molecule has 3 rings (SSSR count). The molecule has 1 aliphatic heterocycles. The summed E-state index contributed by atoms with van der Waals surface area (Å²) in [5, 5.41) is 10.4. The first-order valence-electron chi connectivity index (χ1n) is 6.95. The van der Waals surface area contributed by atoms with Gasteiger partial charge in [-0.25, -0.2) is 4.98 Å². The number of allylic oxidation sites excluding steroid dienone is 1. The van der Waals surface area contributed by atoms with Gasteiger partial charge < -0.3 is 5.11 Å². The van der Waals surface area contributed by atoms with Crippen LogP contribution in [-0.2, 0) is 11.3 Å². The van der Waals surface area contributed by atoms with Crippen molar-refractivity contribution in [3.8, 4) is 0 Å². The third kappa shape index (κ3) is 2.59. The van der Waals surface area contributed by atoms with Crippen molar-refractivity contribution in [2.75, 3.05) is 13.1 Å². The smallest absolute Gasteiger partial charge is 0.312 e. The van der Waals surface area contributed by atoms with Gasteiger partial charge in [-0.1, -0.05) is 12.1 Å². The van der Waals surface area contributed by atoms with Crippen molar-refractivity contribution in [3.63, 3.8) is 0 Å². The van der Waals surface area contributed by atoms with E-state index in [4.69, 9.17) is 0 Å². The van der Waals surface area contributed by atoms with E-state index in [1.807, 2.05) is 13.0 Å². The van der Waals surface area contributed by atoms with Gasteiger partial charge in [0, 0.05) is 19.6 Å². The zero-order valence-corrected chi connectivity index (χ0v) is 12.8. The molecule has 1 saturated heterocycles. The Kier molecular flexibility index (Phi) is 3.55. The summed E-state index contributed by atoms with van der Waals surface area (Å²) in [4.78, 5) is 18.0. The van der Waals surface area contributed by atoms with E-state index in [0.29, 0.717) is 19.5 Å². The van der Waals surface area contributed by atoms with E-state index in [1.165, 1.54) is 10.3 Å². The molecule has 0 saturated carbocycles. The van der Waals surface area contributed by atoms with Crippen LogP contribution < -0.4 is 0 Å². The second kappa shape index (κ2) is 5.24. The fourth-order valence-corrected chi connectivity index (χ4v) is 3.88. The predicted octanol–water partition coefficient (Wildman–Crippen LogP) is 3.07. The van der Waals surface area contributed by atoms with Gasteiger partial charge in [-0.2, -0.15) is 0 Å². The Morgan fingerprint density at radius 1 is 1.57 bits per heavy atom. The molecule has 0 radical (unpaired) electrons. The maximum Gasteiger partial charge on any atom is 0.312 e. The largest absolute Gasteiger partial charge is 0.481 e. The Bertz CT molecular complexity index is 701. The number of aryl methyl sites for hydroxylation is 1. The highest BCUT2D eigenvalue weighted by atomic mass is 32.1. The number of fused-ring (bicyclic) bond motifs is 1. The molecule has 110 valence electrons. The fraction of sp³-hybridized carbons (Fsp3) is 0.375. The van der Waals surface area contributed by atoms with Crippen LogP contribution in [-0.4, -0.2) is 34.0 Å². The van der Waals surface area contributed by atoms with Gasteiger partial charge in [0.2, 0.25) is 0 Å². The second-order valence-electron chi connectivity index (χ2n) is 5.76. The number of benzene rings is 1. The van der Waals surface area contributed by atoms with E-state index in [1.54, 1.807) is 17.4 Å². The van der Waals surface area contributed by atoms with Gasteiger partial charge in [0.25, 0.3) is 0 Å². The summed E-state index contributed by atoms with van der Waals surface area (Å²) in [5.74, 6) is -0.716. The highest BCUT2D eigenvalue weighted by Gasteiger charge is 2.48. The summed E-state index contributed by atoms with van der Waals surface area (Å²) in [6.07, 6.45) is 2.24. The Hall–Kier alpha value is -1.72. The van der Waals surface area contributed by atoms with Gasteiger partial charge in [-0.15, -0.1) is 17.9 Å². The Morgan fingerprint density at radius 2 is 2.33 bits per heavy atom. The average molecular weight is 302 g/mol. The molecule has 0 unspecified atom stereocenters. The van der Waals surface area contributed by atoms with Crippen molar-refractivity contribution in [1.29, 1.82) is 0 Å². The summed E-state index contributed by atoms with van der Waals surface area (Å²) in [7, 11) is 0. The minimum absolute atomic E-state index is 0.534. The second-order valence-corrected chi connectivity index (χ2v) is 6.99. The minimum atomic E-state index is -0.716. The number of rotatable bonds is 5. The van der Waals surface area contributed by atoms with E-state index in [0.717, 1.165) is 17.1 Å². The SMILES string of the molecule is C=CCC1(C(=O)O)CN(Cc2ccc3nc(C)sc3c2)C1. The van der Waals surface area contributed by atoms with Crippen LogP contribution in [0.15, 0.2) is 30.9 Å². The minimum Gasteiger partial charge on any atom is -0.481 e. The molecule has 2 aromatic rings. The Balaban J connectivity index is 1.70. The van der Waals surface area contributed by atoms with E-state index in [2.05, 4.69) is 28.6 Å². The molecule has 4 nitrogen and oxygen atoms in total. The van der Waals surface area contributed by atoms with Gasteiger partial charge >= 0.3 is 5.97 Å². The van der Waals surface area contributed by atoms with Crippen molar-refractivity contribution in [2.45, 2.75) is 19.9 Å². The maximum absolute atomic E-state index is 11.4. The number of thiazole rings is 1. The molecule has 0 amide bonds. The van der Waals surface area contributed by atoms with Crippen LogP contribution in [0.25, 0.3) is 10.2 Å². The normalized spacial score (nSPS) is 17.6. The predicted molar refractivity (Wildman–Crippen MR) is 84.5 cm³/mol. The van der Waals surface area contributed by atoms with Crippen molar-refractivity contribution < 1.29 is 9.90 Å². The molecule has 1 fully saturated rings. The molecule has 1 N–H and O–H groups in total. The van der Waals surface area contributed by atoms with Crippen molar-refractivity contribution in [2.24, 2.45) is 5.41 Å². The van der Waals surface area contributed by atoms with Crippen molar-refractivity contribution in [3.05, 3.63) is 41.4 Å². The van der Waals surface area contributed by atoms with Gasteiger partial charge in [-0.05, 0) is 31.0 Å². The van der Waals surface area contributed by atoms with Crippen LogP contribution >= 0.6 is 11.3 Å². The summed E-state index contributed by atoms with van der Waals surface area (Å²) in [5.41, 5.74) is 1.62. The highest BCUT2D eigenvalue weighted by Crippen LogP contribution is 2.36. The topological polar surface area (TPSA) is 53.4 Å². The number of hydrogen-bond donors (Lipinski definition) is 1. The van der Waals surface area contributed by atoms with Crippen LogP contribution in [0.1, 0.15) is 17.0 Å². The van der Waals surface area contributed by atoms with Crippen LogP contribution in [0.4, 0.5) is 0 Å². The van der Waals surface area contributed by atoms with Gasteiger partial charge in [0.1, 0.15) is 0 Å². The number of carboxylic acids is 1. The van der Waals surface area contributed by atoms with Crippen LogP contribution in [0.2, 0.25) is 0 Å². The summed E-state index contributed by atoms with van der Waals surface area (Å²) < 4.78 is 1.20. The van der Waals surface area contributed by atoms with E-state index in [9.17, 15) is 9.90 Å². The lowest BCUT2D eigenvalue weighted by molar-refractivity contribution is -0.160. The molecule has 0 atom stereocenters.